The van der Waals surface area contributed by atoms with Gasteiger partial charge in [0.05, 0.1) is 5.69 Å². The Morgan fingerprint density at radius 3 is 2.34 bits per heavy atom. The molecule has 1 saturated heterocycles. The monoisotopic (exact) mass is 805 g/mol. The molecule has 8 bridgehead atoms. The van der Waals surface area contributed by atoms with Gasteiger partial charge in [0.2, 0.25) is 0 Å². The fourth-order valence-corrected chi connectivity index (χ4v) is 9.57. The van der Waals surface area contributed by atoms with Crippen LogP contribution in [0, 0.1) is 50.4 Å². The summed E-state index contributed by atoms with van der Waals surface area (Å²) >= 11 is 0. The largest absolute Gasteiger partial charge is 0.461 e. The topological polar surface area (TPSA) is 132 Å². The summed E-state index contributed by atoms with van der Waals surface area (Å²) in [6.07, 6.45) is 17.7. The smallest absolute Gasteiger partial charge is 0.306 e. The van der Waals surface area contributed by atoms with Crippen LogP contribution in [-0.4, -0.2) is 51.8 Å². The molecule has 3 aromatic heterocycles. The molecule has 318 valence electrons. The molecule has 3 aliphatic rings. The summed E-state index contributed by atoms with van der Waals surface area (Å²) in [5, 5.41) is 17.0. The number of H-pyrrole nitrogens is 3. The summed E-state index contributed by atoms with van der Waals surface area (Å²) in [5.41, 5.74) is 12.9. The van der Waals surface area contributed by atoms with Gasteiger partial charge in [-0.05, 0) is 112 Å². The summed E-state index contributed by atoms with van der Waals surface area (Å²) < 4.78 is 11.3. The number of allylic oxidation sites excluding steroid dienone is 3. The third-order valence-electron chi connectivity index (χ3n) is 13.3. The van der Waals surface area contributed by atoms with E-state index < -0.39 is 12.2 Å². The van der Waals surface area contributed by atoms with Crippen molar-refractivity contribution in [2.24, 2.45) is 29.6 Å². The van der Waals surface area contributed by atoms with E-state index in [-0.39, 0.29) is 36.6 Å². The molecule has 0 saturated carbocycles. The van der Waals surface area contributed by atoms with E-state index in [4.69, 9.17) is 9.47 Å². The first-order chi connectivity index (χ1) is 28.2. The number of hydrogen-bond acceptors (Lipinski definition) is 6. The van der Waals surface area contributed by atoms with Crippen molar-refractivity contribution in [3.05, 3.63) is 96.5 Å². The highest BCUT2D eigenvalue weighted by Crippen LogP contribution is 2.49. The van der Waals surface area contributed by atoms with Crippen LogP contribution in [0.15, 0.2) is 29.6 Å². The van der Waals surface area contributed by atoms with Gasteiger partial charge < -0.3 is 34.8 Å². The number of fused-ring (bicyclic) bond motifs is 7. The van der Waals surface area contributed by atoms with Gasteiger partial charge in [-0.1, -0.05) is 78.5 Å². The second-order valence-corrected chi connectivity index (χ2v) is 17.8. The van der Waals surface area contributed by atoms with Crippen molar-refractivity contribution in [3.63, 3.8) is 0 Å². The van der Waals surface area contributed by atoms with Crippen molar-refractivity contribution in [1.82, 2.24) is 20.3 Å². The van der Waals surface area contributed by atoms with Crippen LogP contribution in [0.4, 0.5) is 0 Å². The minimum Gasteiger partial charge on any atom is -0.461 e. The molecule has 59 heavy (non-hydrogen) atoms. The predicted molar refractivity (Wildman–Crippen MR) is 240 cm³/mol. The number of rotatable bonds is 17. The molecule has 0 amide bonds. The Hall–Kier alpha value is -4.60. The van der Waals surface area contributed by atoms with E-state index in [2.05, 4.69) is 100 Å². The summed E-state index contributed by atoms with van der Waals surface area (Å²) in [6.45, 7) is 24.0. The number of ketones is 1. The second-order valence-electron chi connectivity index (χ2n) is 17.8. The molecule has 3 aromatic rings. The first-order valence-electron chi connectivity index (χ1n) is 22.0. The zero-order valence-corrected chi connectivity index (χ0v) is 37.2. The Kier molecular flexibility index (Phi) is 14.0. The molecule has 9 heteroatoms. The highest BCUT2D eigenvalue weighted by molar-refractivity contribution is 6.15. The minimum atomic E-state index is -1.36. The third-order valence-corrected chi connectivity index (χ3v) is 13.3. The van der Waals surface area contributed by atoms with Crippen LogP contribution >= 0.6 is 0 Å². The first kappa shape index (κ1) is 44.0. The van der Waals surface area contributed by atoms with Gasteiger partial charge in [-0.25, -0.2) is 0 Å². The Labute approximate surface area is 351 Å². The molecule has 6 rings (SSSR count). The van der Waals surface area contributed by atoms with Crippen LogP contribution in [-0.2, 0) is 20.7 Å². The van der Waals surface area contributed by atoms with E-state index in [0.717, 1.165) is 87.0 Å². The normalized spacial score (nSPS) is 23.0. The SMILES string of the molecule is C=Cc1c2[nH]c(c1C)/C=C1\N/C(=C3\c4[nH]c(c(C)c4C(=O)[C@@H]3C(O)OC)/C=c3\[nH]/c(c(C)c3CC)=C\2)[C@@H](CCC(=O)OC/C=C(/C)CCC[C@H](C)CCCC(C)C)[C@@H]1C. The van der Waals surface area contributed by atoms with Gasteiger partial charge in [0.1, 0.15) is 12.5 Å². The molecule has 1 aliphatic carbocycles. The number of carbonyl (C=O) groups is 2. The van der Waals surface area contributed by atoms with Crippen molar-refractivity contribution in [3.8, 4) is 0 Å². The lowest BCUT2D eigenvalue weighted by atomic mass is 9.84. The van der Waals surface area contributed by atoms with Gasteiger partial charge in [-0.3, -0.25) is 9.59 Å². The zero-order chi connectivity index (χ0) is 42.7. The maximum absolute atomic E-state index is 14.4. The molecular weight excluding hydrogens is 737 g/mol. The highest BCUT2D eigenvalue weighted by Gasteiger charge is 2.48. The van der Waals surface area contributed by atoms with E-state index in [1.807, 2.05) is 19.1 Å². The number of ether oxygens (including phenoxy) is 2. The van der Waals surface area contributed by atoms with Crippen LogP contribution < -0.4 is 16.0 Å². The van der Waals surface area contributed by atoms with Gasteiger partial charge in [0, 0.05) is 81.2 Å². The van der Waals surface area contributed by atoms with Crippen molar-refractivity contribution in [2.75, 3.05) is 13.7 Å². The number of esters is 1. The van der Waals surface area contributed by atoms with E-state index >= 15 is 0 Å². The molecule has 0 spiro atoms. The molecule has 9 nitrogen and oxygen atoms in total. The fourth-order valence-electron chi connectivity index (χ4n) is 9.57. The summed E-state index contributed by atoms with van der Waals surface area (Å²) in [7, 11) is 1.42. The number of methoxy groups -OCH3 is 1. The van der Waals surface area contributed by atoms with Gasteiger partial charge in [0.25, 0.3) is 0 Å². The van der Waals surface area contributed by atoms with Crippen LogP contribution in [0.3, 0.4) is 0 Å². The maximum Gasteiger partial charge on any atom is 0.306 e. The Bertz CT molecular complexity index is 2290. The summed E-state index contributed by atoms with van der Waals surface area (Å²) in [4.78, 5) is 38.8. The number of aliphatic hydroxyl groups excluding tert-OH is 1. The number of Topliss-reactive ketones (excluding diaryl/α,β-unsaturated/α-hetero) is 1. The van der Waals surface area contributed by atoms with E-state index in [1.165, 1.54) is 49.5 Å². The van der Waals surface area contributed by atoms with Gasteiger partial charge in [0.15, 0.2) is 12.1 Å². The van der Waals surface area contributed by atoms with Gasteiger partial charge in [-0.2, -0.15) is 0 Å². The van der Waals surface area contributed by atoms with Crippen LogP contribution in [0.5, 0.6) is 0 Å². The number of aromatic amines is 3. The Morgan fingerprint density at radius 1 is 0.932 bits per heavy atom. The zero-order valence-electron chi connectivity index (χ0n) is 37.2. The lowest BCUT2D eigenvalue weighted by molar-refractivity contribution is -0.142. The predicted octanol–water partition coefficient (Wildman–Crippen LogP) is 9.06. The Balaban J connectivity index is 1.33. The molecule has 0 radical (unpaired) electrons. The quantitative estimate of drug-likeness (QED) is 0.0526. The third kappa shape index (κ3) is 9.12. The average molecular weight is 805 g/mol. The molecule has 5 N–H and O–H groups in total. The fraction of sp³-hybridized carbons (Fsp3) is 0.520. The molecule has 2 aliphatic heterocycles. The minimum absolute atomic E-state index is 0.0559. The summed E-state index contributed by atoms with van der Waals surface area (Å²) in [6, 6.07) is 0. The molecule has 1 unspecified atom stereocenters. The molecular formula is C50H68N4O5. The van der Waals surface area contributed by atoms with Crippen LogP contribution in [0.1, 0.15) is 154 Å². The first-order valence-corrected chi connectivity index (χ1v) is 22.0. The number of carbonyl (C=O) groups excluding carboxylic acids is 2. The molecule has 1 fully saturated rings. The van der Waals surface area contributed by atoms with Gasteiger partial charge >= 0.3 is 5.97 Å². The average Bonchev–Trinajstić information content (AvgIpc) is 3.94. The van der Waals surface area contributed by atoms with Gasteiger partial charge in [-0.15, -0.1) is 0 Å². The molecule has 5 atom stereocenters. The number of hydrogen-bond donors (Lipinski definition) is 5. The van der Waals surface area contributed by atoms with Crippen molar-refractivity contribution in [2.45, 2.75) is 126 Å². The van der Waals surface area contributed by atoms with Crippen LogP contribution in [0.2, 0.25) is 0 Å². The standard InChI is InChI=1S/C50H68N4O5/c1-12-34-30(7)37-24-39-32(9)36(20-21-43(55)59-23-22-29(6)19-15-18-28(5)17-14-16-27(3)4)47(53-39)45-46(50(57)58-11)49(56)44-33(10)40(54-48(44)45)26-42-35(13-2)31(8)38(52-42)25-41(34)51-37/h12,22,24-28,32,36,46,50-54,57H,1,13-21,23H2,2-11H3/b29-22-,38-25-,39-24-,42-26-,47-45-/t28-,32+,36+,46-,50?/m1/s1. The van der Waals surface area contributed by atoms with E-state index in [0.29, 0.717) is 23.3 Å². The number of aliphatic hydroxyl groups is 1. The maximum atomic E-state index is 14.4. The molecule has 0 aromatic carbocycles. The lowest BCUT2D eigenvalue weighted by Gasteiger charge is -2.23. The highest BCUT2D eigenvalue weighted by atomic mass is 16.6. The lowest BCUT2D eigenvalue weighted by Crippen LogP contribution is -2.29. The summed E-state index contributed by atoms with van der Waals surface area (Å²) in [5.74, 6) is -0.130. The van der Waals surface area contributed by atoms with Crippen molar-refractivity contribution >= 4 is 41.6 Å². The Morgan fingerprint density at radius 2 is 1.64 bits per heavy atom. The van der Waals surface area contributed by atoms with E-state index in [9.17, 15) is 14.7 Å². The van der Waals surface area contributed by atoms with Crippen molar-refractivity contribution in [1.29, 1.82) is 0 Å². The number of aromatic nitrogens is 3. The molecule has 5 heterocycles. The van der Waals surface area contributed by atoms with E-state index in [1.54, 1.807) is 0 Å². The van der Waals surface area contributed by atoms with Crippen molar-refractivity contribution < 1.29 is 24.2 Å². The second kappa shape index (κ2) is 18.8. The van der Waals surface area contributed by atoms with Crippen LogP contribution in [0.25, 0.3) is 29.9 Å². The number of nitrogens with one attached hydrogen (secondary N) is 4.